The second kappa shape index (κ2) is 3.37. The maximum absolute atomic E-state index is 3.50. The topological polar surface area (TPSA) is 12.0 Å². The van der Waals surface area contributed by atoms with Crippen LogP contribution in [-0.2, 0) is 0 Å². The first-order valence-corrected chi connectivity index (χ1v) is 5.27. The van der Waals surface area contributed by atoms with Crippen molar-refractivity contribution in [3.63, 3.8) is 0 Å². The van der Waals surface area contributed by atoms with E-state index in [-0.39, 0.29) is 0 Å². The Balaban J connectivity index is 2.46. The van der Waals surface area contributed by atoms with E-state index < -0.39 is 0 Å². The molecule has 0 aromatic rings. The molecule has 0 radical (unpaired) electrons. The highest BCUT2D eigenvalue weighted by molar-refractivity contribution is 5.10. The highest BCUT2D eigenvalue weighted by Crippen LogP contribution is 2.51. The fraction of sp³-hybridized carbons (Fsp3) is 1.00. The van der Waals surface area contributed by atoms with Gasteiger partial charge in [0.15, 0.2) is 0 Å². The van der Waals surface area contributed by atoms with Crippen molar-refractivity contribution in [2.45, 2.75) is 58.4 Å². The minimum absolute atomic E-state index is 0.488. The third kappa shape index (κ3) is 1.66. The Morgan fingerprint density at radius 1 is 1.33 bits per heavy atom. The van der Waals surface area contributed by atoms with Crippen molar-refractivity contribution in [1.29, 1.82) is 0 Å². The van der Waals surface area contributed by atoms with E-state index in [1.807, 2.05) is 0 Å². The Hall–Kier alpha value is -0.0400. The molecule has 0 unspecified atom stereocenters. The summed E-state index contributed by atoms with van der Waals surface area (Å²) in [4.78, 5) is 0. The molecule has 0 aromatic heterocycles. The predicted octanol–water partition coefficient (Wildman–Crippen LogP) is 2.95. The molecule has 1 N–H and O–H groups in total. The summed E-state index contributed by atoms with van der Waals surface area (Å²) < 4.78 is 0. The molecule has 0 saturated heterocycles. The van der Waals surface area contributed by atoms with Crippen molar-refractivity contribution < 1.29 is 0 Å². The summed E-state index contributed by atoms with van der Waals surface area (Å²) in [6.45, 7) is 7.09. The van der Waals surface area contributed by atoms with Crippen LogP contribution in [0.3, 0.4) is 0 Å². The van der Waals surface area contributed by atoms with E-state index in [1.165, 1.54) is 32.1 Å². The summed E-state index contributed by atoms with van der Waals surface area (Å²) in [7, 11) is 2.11. The number of rotatable bonds is 5. The smallest absolute Gasteiger partial charge is 0.0230 e. The molecule has 1 saturated carbocycles. The average molecular weight is 169 g/mol. The normalized spacial score (nSPS) is 21.0. The standard InChI is InChI=1S/C11H23N/c1-5-6-7-10(2,3)11(12-4)8-9-11/h12H,5-9H2,1-4H3. The van der Waals surface area contributed by atoms with E-state index in [2.05, 4.69) is 33.1 Å². The van der Waals surface area contributed by atoms with Gasteiger partial charge in [-0.3, -0.25) is 0 Å². The van der Waals surface area contributed by atoms with Crippen LogP contribution < -0.4 is 5.32 Å². The Morgan fingerprint density at radius 3 is 2.25 bits per heavy atom. The van der Waals surface area contributed by atoms with Gasteiger partial charge in [0.2, 0.25) is 0 Å². The van der Waals surface area contributed by atoms with Crippen molar-refractivity contribution >= 4 is 0 Å². The van der Waals surface area contributed by atoms with E-state index in [0.29, 0.717) is 11.0 Å². The van der Waals surface area contributed by atoms with Crippen LogP contribution in [0.15, 0.2) is 0 Å². The summed E-state index contributed by atoms with van der Waals surface area (Å²) in [6, 6.07) is 0. The first kappa shape index (κ1) is 10.0. The Morgan fingerprint density at radius 2 is 1.92 bits per heavy atom. The van der Waals surface area contributed by atoms with Crippen LogP contribution in [0.5, 0.6) is 0 Å². The Kier molecular flexibility index (Phi) is 2.82. The van der Waals surface area contributed by atoms with E-state index >= 15 is 0 Å². The zero-order valence-corrected chi connectivity index (χ0v) is 9.04. The zero-order valence-electron chi connectivity index (χ0n) is 9.04. The molecule has 0 heterocycles. The number of unbranched alkanes of at least 4 members (excludes halogenated alkanes) is 1. The first-order chi connectivity index (χ1) is 5.58. The van der Waals surface area contributed by atoms with E-state index in [0.717, 1.165) is 0 Å². The van der Waals surface area contributed by atoms with Crippen LogP contribution in [-0.4, -0.2) is 12.6 Å². The van der Waals surface area contributed by atoms with Gasteiger partial charge in [0.25, 0.3) is 0 Å². The molecule has 0 bridgehead atoms. The molecule has 1 aliphatic carbocycles. The molecule has 0 amide bonds. The van der Waals surface area contributed by atoms with Crippen molar-refractivity contribution in [2.24, 2.45) is 5.41 Å². The van der Waals surface area contributed by atoms with Gasteiger partial charge in [-0.2, -0.15) is 0 Å². The molecular formula is C11H23N. The molecule has 1 aliphatic rings. The monoisotopic (exact) mass is 169 g/mol. The third-order valence-electron chi connectivity index (χ3n) is 3.68. The fourth-order valence-electron chi connectivity index (χ4n) is 2.25. The molecule has 1 rings (SSSR count). The van der Waals surface area contributed by atoms with Gasteiger partial charge in [0, 0.05) is 5.54 Å². The lowest BCUT2D eigenvalue weighted by Crippen LogP contribution is -2.42. The van der Waals surface area contributed by atoms with Crippen molar-refractivity contribution in [1.82, 2.24) is 5.32 Å². The summed E-state index contributed by atoms with van der Waals surface area (Å²) in [6.07, 6.45) is 6.81. The van der Waals surface area contributed by atoms with Crippen molar-refractivity contribution in [3.05, 3.63) is 0 Å². The van der Waals surface area contributed by atoms with Crippen LogP contribution in [0.25, 0.3) is 0 Å². The van der Waals surface area contributed by atoms with Crippen molar-refractivity contribution in [2.75, 3.05) is 7.05 Å². The molecule has 0 atom stereocenters. The summed E-state index contributed by atoms with van der Waals surface area (Å²) in [5, 5.41) is 3.50. The maximum Gasteiger partial charge on any atom is 0.0230 e. The maximum atomic E-state index is 3.50. The molecule has 72 valence electrons. The first-order valence-electron chi connectivity index (χ1n) is 5.27. The third-order valence-corrected chi connectivity index (χ3v) is 3.68. The molecule has 0 aliphatic heterocycles. The van der Waals surface area contributed by atoms with Crippen LogP contribution >= 0.6 is 0 Å². The highest BCUT2D eigenvalue weighted by atomic mass is 15.0. The van der Waals surface area contributed by atoms with Gasteiger partial charge in [-0.1, -0.05) is 33.6 Å². The SMILES string of the molecule is CCCCC(C)(C)C1(NC)CC1. The Labute approximate surface area is 76.9 Å². The molecule has 0 aromatic carbocycles. The van der Waals surface area contributed by atoms with Crippen LogP contribution in [0.4, 0.5) is 0 Å². The summed E-state index contributed by atoms with van der Waals surface area (Å²) in [5.74, 6) is 0. The average Bonchev–Trinajstić information content (AvgIpc) is 2.81. The summed E-state index contributed by atoms with van der Waals surface area (Å²) in [5.41, 5.74) is 0.986. The molecule has 12 heavy (non-hydrogen) atoms. The van der Waals surface area contributed by atoms with Crippen LogP contribution in [0.1, 0.15) is 52.9 Å². The molecule has 0 spiro atoms. The zero-order chi connectivity index (χ0) is 9.24. The van der Waals surface area contributed by atoms with Gasteiger partial charge < -0.3 is 5.32 Å². The molecule has 1 heteroatoms. The van der Waals surface area contributed by atoms with E-state index in [4.69, 9.17) is 0 Å². The van der Waals surface area contributed by atoms with Crippen molar-refractivity contribution in [3.8, 4) is 0 Å². The molecule has 1 fully saturated rings. The molecular weight excluding hydrogens is 146 g/mol. The van der Waals surface area contributed by atoms with Gasteiger partial charge in [-0.15, -0.1) is 0 Å². The second-order valence-electron chi connectivity index (χ2n) is 4.82. The van der Waals surface area contributed by atoms with E-state index in [9.17, 15) is 0 Å². The van der Waals surface area contributed by atoms with Gasteiger partial charge in [-0.25, -0.2) is 0 Å². The lowest BCUT2D eigenvalue weighted by atomic mass is 9.77. The lowest BCUT2D eigenvalue weighted by Gasteiger charge is -2.34. The molecule has 1 nitrogen and oxygen atoms in total. The lowest BCUT2D eigenvalue weighted by molar-refractivity contribution is 0.207. The van der Waals surface area contributed by atoms with Crippen LogP contribution in [0.2, 0.25) is 0 Å². The van der Waals surface area contributed by atoms with Gasteiger partial charge in [-0.05, 0) is 31.7 Å². The second-order valence-corrected chi connectivity index (χ2v) is 4.82. The van der Waals surface area contributed by atoms with E-state index in [1.54, 1.807) is 0 Å². The van der Waals surface area contributed by atoms with Gasteiger partial charge in [0.1, 0.15) is 0 Å². The van der Waals surface area contributed by atoms with Gasteiger partial charge >= 0.3 is 0 Å². The highest BCUT2D eigenvalue weighted by Gasteiger charge is 2.52. The largest absolute Gasteiger partial charge is 0.314 e. The number of hydrogen-bond donors (Lipinski definition) is 1. The predicted molar refractivity (Wildman–Crippen MR) is 54.3 cm³/mol. The van der Waals surface area contributed by atoms with Gasteiger partial charge in [0.05, 0.1) is 0 Å². The van der Waals surface area contributed by atoms with Crippen LogP contribution in [0, 0.1) is 5.41 Å². The number of nitrogens with one attached hydrogen (secondary N) is 1. The minimum atomic E-state index is 0.488. The fourth-order valence-corrected chi connectivity index (χ4v) is 2.25. The minimum Gasteiger partial charge on any atom is -0.314 e. The Bertz CT molecular complexity index is 145. The quantitative estimate of drug-likeness (QED) is 0.667. The summed E-state index contributed by atoms with van der Waals surface area (Å²) >= 11 is 0. The number of hydrogen-bond acceptors (Lipinski definition) is 1.